The second-order valence-corrected chi connectivity index (χ2v) is 3.93. The smallest absolute Gasteiger partial charge is 0.406 e. The Labute approximate surface area is 104 Å². The van der Waals surface area contributed by atoms with Crippen molar-refractivity contribution in [1.82, 2.24) is 5.32 Å². The Morgan fingerprint density at radius 2 is 2.44 bits per heavy atom. The van der Waals surface area contributed by atoms with Crippen molar-refractivity contribution in [1.29, 1.82) is 0 Å². The number of nitrogens with one attached hydrogen (secondary N) is 1. The van der Waals surface area contributed by atoms with Crippen molar-refractivity contribution in [2.75, 3.05) is 20.3 Å². The van der Waals surface area contributed by atoms with E-state index in [9.17, 15) is 14.3 Å². The summed E-state index contributed by atoms with van der Waals surface area (Å²) in [7, 11) is 1.43. The summed E-state index contributed by atoms with van der Waals surface area (Å²) in [6, 6.07) is 4.45. The van der Waals surface area contributed by atoms with Crippen molar-refractivity contribution in [2.45, 2.75) is 12.2 Å². The molecule has 98 valence electrons. The van der Waals surface area contributed by atoms with Gasteiger partial charge in [-0.15, -0.1) is 0 Å². The van der Waals surface area contributed by atoms with Crippen LogP contribution in [0.2, 0.25) is 0 Å². The first-order chi connectivity index (χ1) is 8.63. The van der Waals surface area contributed by atoms with Crippen LogP contribution in [0.5, 0.6) is 0 Å². The summed E-state index contributed by atoms with van der Waals surface area (Å²) in [6.45, 7) is -0.0431. The van der Waals surface area contributed by atoms with Gasteiger partial charge in [0.05, 0.1) is 6.61 Å². The molecule has 1 heterocycles. The largest absolute Gasteiger partial charge is 0.446 e. The van der Waals surface area contributed by atoms with Crippen LogP contribution in [0.4, 0.5) is 9.18 Å². The Bertz CT molecular complexity index is 452. The number of aliphatic hydroxyl groups excluding tert-OH is 1. The lowest BCUT2D eigenvalue weighted by atomic mass is 9.95. The summed E-state index contributed by atoms with van der Waals surface area (Å²) >= 11 is 0. The first-order valence-electron chi connectivity index (χ1n) is 5.56. The minimum Gasteiger partial charge on any atom is -0.446 e. The highest BCUT2D eigenvalue weighted by molar-refractivity contribution is 5.66. The van der Waals surface area contributed by atoms with Gasteiger partial charge in [-0.3, -0.25) is 0 Å². The summed E-state index contributed by atoms with van der Waals surface area (Å²) < 4.78 is 23.9. The Hall–Kier alpha value is -1.66. The highest BCUT2D eigenvalue weighted by Gasteiger charge is 2.30. The van der Waals surface area contributed by atoms with Crippen LogP contribution in [-0.2, 0) is 9.47 Å². The van der Waals surface area contributed by atoms with Crippen LogP contribution in [0.25, 0.3) is 0 Å². The van der Waals surface area contributed by atoms with Gasteiger partial charge in [-0.05, 0) is 11.6 Å². The Morgan fingerprint density at radius 1 is 1.67 bits per heavy atom. The molecule has 0 fully saturated rings. The first-order valence-corrected chi connectivity index (χ1v) is 5.56. The third kappa shape index (κ3) is 2.44. The number of hydrogen-bond donors (Lipinski definition) is 2. The lowest BCUT2D eigenvalue weighted by molar-refractivity contribution is -0.0555. The number of fused-ring (bicyclic) bond motifs is 1. The molecule has 5 nitrogen and oxygen atoms in total. The number of carbonyl (C=O) groups excluding carboxylic acids is 1. The van der Waals surface area contributed by atoms with Crippen LogP contribution in [0.3, 0.4) is 0 Å². The zero-order valence-corrected chi connectivity index (χ0v) is 9.85. The number of ether oxygens (including phenoxy) is 2. The highest BCUT2D eigenvalue weighted by atomic mass is 19.1. The van der Waals surface area contributed by atoms with E-state index in [0.717, 1.165) is 0 Å². The number of benzene rings is 1. The van der Waals surface area contributed by atoms with E-state index < -0.39 is 24.1 Å². The van der Waals surface area contributed by atoms with Gasteiger partial charge in [-0.25, -0.2) is 9.18 Å². The van der Waals surface area contributed by atoms with Gasteiger partial charge in [0.15, 0.2) is 0 Å². The zero-order chi connectivity index (χ0) is 13.1. The van der Waals surface area contributed by atoms with Crippen LogP contribution in [-0.4, -0.2) is 31.5 Å². The summed E-state index contributed by atoms with van der Waals surface area (Å²) in [6.07, 6.45) is -2.16. The molecule has 0 radical (unpaired) electrons. The van der Waals surface area contributed by atoms with Crippen molar-refractivity contribution in [2.24, 2.45) is 0 Å². The van der Waals surface area contributed by atoms with Crippen molar-refractivity contribution in [3.8, 4) is 0 Å². The molecule has 0 aliphatic carbocycles. The van der Waals surface area contributed by atoms with Gasteiger partial charge in [-0.1, -0.05) is 12.1 Å². The fourth-order valence-electron chi connectivity index (χ4n) is 1.92. The van der Waals surface area contributed by atoms with Gasteiger partial charge in [0.1, 0.15) is 24.6 Å². The summed E-state index contributed by atoms with van der Waals surface area (Å²) in [5.41, 5.74) is 0.729. The summed E-state index contributed by atoms with van der Waals surface area (Å²) in [4.78, 5) is 11.0. The first kappa shape index (κ1) is 12.8. The van der Waals surface area contributed by atoms with Gasteiger partial charge in [-0.2, -0.15) is 0 Å². The molecule has 2 N–H and O–H groups in total. The highest BCUT2D eigenvalue weighted by Crippen LogP contribution is 2.34. The predicted molar refractivity (Wildman–Crippen MR) is 60.5 cm³/mol. The van der Waals surface area contributed by atoms with Crippen molar-refractivity contribution in [3.05, 3.63) is 35.1 Å². The molecule has 2 atom stereocenters. The Kier molecular flexibility index (Phi) is 3.78. The van der Waals surface area contributed by atoms with E-state index in [2.05, 4.69) is 5.32 Å². The number of hydrogen-bond acceptors (Lipinski definition) is 4. The van der Waals surface area contributed by atoms with Gasteiger partial charge in [0.2, 0.25) is 0 Å². The van der Waals surface area contributed by atoms with Crippen molar-refractivity contribution < 1.29 is 23.8 Å². The normalized spacial score (nSPS) is 22.2. The molecule has 1 aliphatic heterocycles. The van der Waals surface area contributed by atoms with Crippen LogP contribution in [0.15, 0.2) is 18.2 Å². The molecule has 0 saturated carbocycles. The predicted octanol–water partition coefficient (Wildman–Crippen LogP) is 1.29. The third-order valence-corrected chi connectivity index (χ3v) is 2.79. The number of rotatable bonds is 2. The topological polar surface area (TPSA) is 67.8 Å². The third-order valence-electron chi connectivity index (χ3n) is 2.79. The quantitative estimate of drug-likeness (QED) is 0.835. The minimum absolute atomic E-state index is 0.0538. The average Bonchev–Trinajstić information content (AvgIpc) is 2.38. The standard InChI is InChI=1S/C12H14FNO4/c1-14-12(16)18-6-10-11-7(9(15)5-17-10)3-2-4-8(11)13/h2-4,9-10,15H,5-6H2,1H3,(H,14,16). The molecular weight excluding hydrogens is 241 g/mol. The second-order valence-electron chi connectivity index (χ2n) is 3.93. The molecule has 18 heavy (non-hydrogen) atoms. The van der Waals surface area contributed by atoms with E-state index in [-0.39, 0.29) is 18.8 Å². The number of carbonyl (C=O) groups is 1. The molecule has 0 bridgehead atoms. The SMILES string of the molecule is CNC(=O)OCC1OCC(O)c2cccc(F)c21. The van der Waals surface area contributed by atoms with E-state index in [1.807, 2.05) is 0 Å². The fraction of sp³-hybridized carbons (Fsp3) is 0.417. The molecule has 2 unspecified atom stereocenters. The molecule has 0 aromatic heterocycles. The van der Waals surface area contributed by atoms with E-state index in [1.165, 1.54) is 19.2 Å². The fourth-order valence-corrected chi connectivity index (χ4v) is 1.92. The Morgan fingerprint density at radius 3 is 3.17 bits per heavy atom. The maximum atomic E-state index is 13.8. The molecule has 1 aromatic rings. The average molecular weight is 255 g/mol. The lowest BCUT2D eigenvalue weighted by Gasteiger charge is -2.29. The van der Waals surface area contributed by atoms with E-state index in [4.69, 9.17) is 9.47 Å². The molecule has 2 rings (SSSR count). The molecule has 1 aromatic carbocycles. The zero-order valence-electron chi connectivity index (χ0n) is 9.85. The minimum atomic E-state index is -0.855. The molecule has 1 amide bonds. The lowest BCUT2D eigenvalue weighted by Crippen LogP contribution is -2.28. The van der Waals surface area contributed by atoms with E-state index in [1.54, 1.807) is 6.07 Å². The summed E-state index contributed by atoms with van der Waals surface area (Å²) in [5.74, 6) is -0.475. The van der Waals surface area contributed by atoms with Crippen LogP contribution in [0.1, 0.15) is 23.3 Å². The van der Waals surface area contributed by atoms with Crippen LogP contribution >= 0.6 is 0 Å². The number of alkyl carbamates (subject to hydrolysis) is 1. The van der Waals surface area contributed by atoms with Crippen LogP contribution in [0, 0.1) is 5.82 Å². The molecular formula is C12H14FNO4. The maximum absolute atomic E-state index is 13.8. The van der Waals surface area contributed by atoms with Gasteiger partial charge < -0.3 is 19.9 Å². The molecule has 6 heteroatoms. The summed E-state index contributed by atoms with van der Waals surface area (Å²) in [5, 5.41) is 12.0. The molecule has 1 aliphatic rings. The Balaban J connectivity index is 2.20. The molecule has 0 saturated heterocycles. The molecule has 0 spiro atoms. The monoisotopic (exact) mass is 255 g/mol. The van der Waals surface area contributed by atoms with Gasteiger partial charge >= 0.3 is 6.09 Å². The number of halogens is 1. The van der Waals surface area contributed by atoms with Gasteiger partial charge in [0, 0.05) is 12.6 Å². The van der Waals surface area contributed by atoms with Crippen molar-refractivity contribution >= 4 is 6.09 Å². The van der Waals surface area contributed by atoms with Gasteiger partial charge in [0.25, 0.3) is 0 Å². The second kappa shape index (κ2) is 5.32. The maximum Gasteiger partial charge on any atom is 0.406 e. The van der Waals surface area contributed by atoms with E-state index >= 15 is 0 Å². The number of amides is 1. The van der Waals surface area contributed by atoms with Crippen molar-refractivity contribution in [3.63, 3.8) is 0 Å². The number of aliphatic hydroxyl groups is 1. The van der Waals surface area contributed by atoms with E-state index in [0.29, 0.717) is 5.56 Å². The van der Waals surface area contributed by atoms with Crippen LogP contribution < -0.4 is 5.32 Å².